The molecule has 0 heterocycles. The predicted octanol–water partition coefficient (Wildman–Crippen LogP) is 0.903. The summed E-state index contributed by atoms with van der Waals surface area (Å²) in [5.41, 5.74) is 0. The van der Waals surface area contributed by atoms with Gasteiger partial charge in [0.25, 0.3) is 5.91 Å². The van der Waals surface area contributed by atoms with Crippen LogP contribution < -0.4 is 4.74 Å². The van der Waals surface area contributed by atoms with E-state index in [2.05, 4.69) is 0 Å². The van der Waals surface area contributed by atoms with Crippen LogP contribution in [-0.4, -0.2) is 55.3 Å². The third-order valence-corrected chi connectivity index (χ3v) is 2.49. The quantitative estimate of drug-likeness (QED) is 0.772. The summed E-state index contributed by atoms with van der Waals surface area (Å²) in [5, 5.41) is 8.71. The molecule has 0 bridgehead atoms. The van der Waals surface area contributed by atoms with Gasteiger partial charge in [-0.1, -0.05) is 0 Å². The zero-order valence-corrected chi connectivity index (χ0v) is 11.3. The van der Waals surface area contributed by atoms with E-state index < -0.39 is 36.7 Å². The van der Waals surface area contributed by atoms with Gasteiger partial charge in [-0.05, 0) is 12.1 Å². The molecule has 0 saturated carbocycles. The third-order valence-electron chi connectivity index (χ3n) is 2.49. The number of halogens is 2. The fourth-order valence-corrected chi connectivity index (χ4v) is 1.48. The van der Waals surface area contributed by atoms with E-state index in [1.807, 2.05) is 0 Å². The molecule has 116 valence electrons. The van der Waals surface area contributed by atoms with Crippen LogP contribution in [0.15, 0.2) is 18.2 Å². The van der Waals surface area contributed by atoms with E-state index in [1.165, 1.54) is 7.11 Å². The molecule has 21 heavy (non-hydrogen) atoms. The Morgan fingerprint density at radius 1 is 1.33 bits per heavy atom. The van der Waals surface area contributed by atoms with Gasteiger partial charge in [0.2, 0.25) is 0 Å². The van der Waals surface area contributed by atoms with Crippen LogP contribution in [0.1, 0.15) is 0 Å². The summed E-state index contributed by atoms with van der Waals surface area (Å²) in [6, 6.07) is 2.66. The van der Waals surface area contributed by atoms with Crippen LogP contribution in [0.5, 0.6) is 5.75 Å². The lowest BCUT2D eigenvalue weighted by molar-refractivity contribution is -0.145. The van der Waals surface area contributed by atoms with Gasteiger partial charge in [-0.3, -0.25) is 9.59 Å². The lowest BCUT2D eigenvalue weighted by atomic mass is 10.3. The fraction of sp³-hybridized carbons (Fsp3) is 0.385. The van der Waals surface area contributed by atoms with Crippen molar-refractivity contribution in [3.63, 3.8) is 0 Å². The van der Waals surface area contributed by atoms with E-state index in [0.29, 0.717) is 6.07 Å². The van der Waals surface area contributed by atoms with Gasteiger partial charge in [-0.25, -0.2) is 8.78 Å². The maximum atomic E-state index is 13.3. The molecule has 0 spiro atoms. The van der Waals surface area contributed by atoms with Gasteiger partial charge in [0.05, 0.1) is 6.61 Å². The maximum Gasteiger partial charge on any atom is 0.323 e. The minimum Gasteiger partial charge on any atom is -0.481 e. The van der Waals surface area contributed by atoms with Crippen molar-refractivity contribution in [2.24, 2.45) is 0 Å². The molecule has 6 nitrogen and oxygen atoms in total. The molecule has 0 aliphatic heterocycles. The Morgan fingerprint density at radius 3 is 2.62 bits per heavy atom. The zero-order chi connectivity index (χ0) is 15.8. The van der Waals surface area contributed by atoms with Crippen LogP contribution in [0.3, 0.4) is 0 Å². The second-order valence-corrected chi connectivity index (χ2v) is 4.07. The second-order valence-electron chi connectivity index (χ2n) is 4.07. The minimum atomic E-state index is -1.19. The van der Waals surface area contributed by atoms with Crippen LogP contribution in [-0.2, 0) is 14.3 Å². The van der Waals surface area contributed by atoms with Crippen LogP contribution in [0, 0.1) is 11.6 Å². The first-order chi connectivity index (χ1) is 9.93. The molecule has 0 atom stereocenters. The highest BCUT2D eigenvalue weighted by Gasteiger charge is 2.17. The van der Waals surface area contributed by atoms with Crippen LogP contribution in [0.4, 0.5) is 8.78 Å². The summed E-state index contributed by atoms with van der Waals surface area (Å²) in [6.07, 6.45) is 0. The third kappa shape index (κ3) is 5.74. The molecule has 0 aliphatic carbocycles. The van der Waals surface area contributed by atoms with E-state index in [9.17, 15) is 18.4 Å². The lowest BCUT2D eigenvalue weighted by Crippen LogP contribution is -2.40. The number of ether oxygens (including phenoxy) is 2. The van der Waals surface area contributed by atoms with E-state index in [0.717, 1.165) is 17.0 Å². The molecule has 0 aliphatic rings. The van der Waals surface area contributed by atoms with Crippen molar-refractivity contribution in [3.05, 3.63) is 29.8 Å². The van der Waals surface area contributed by atoms with Gasteiger partial charge >= 0.3 is 5.97 Å². The normalized spacial score (nSPS) is 10.2. The molecular weight excluding hydrogens is 288 g/mol. The van der Waals surface area contributed by atoms with E-state index in [4.69, 9.17) is 14.6 Å². The molecule has 8 heteroatoms. The van der Waals surface area contributed by atoms with Gasteiger partial charge in [0.15, 0.2) is 18.2 Å². The Kier molecular flexibility index (Phi) is 6.54. The average Bonchev–Trinajstić information content (AvgIpc) is 2.41. The number of hydrogen-bond donors (Lipinski definition) is 1. The number of carbonyl (C=O) groups excluding carboxylic acids is 1. The molecule has 0 radical (unpaired) electrons. The molecule has 1 amide bonds. The van der Waals surface area contributed by atoms with E-state index >= 15 is 0 Å². The SMILES string of the molecule is COCCN(CC(=O)O)C(=O)COc1ccc(F)cc1F. The summed E-state index contributed by atoms with van der Waals surface area (Å²) >= 11 is 0. The standard InChI is InChI=1S/C13H15F2NO5/c1-20-5-4-16(7-13(18)19)12(17)8-21-11-3-2-9(14)6-10(11)15/h2-3,6H,4-5,7-8H2,1H3,(H,18,19). The molecule has 0 unspecified atom stereocenters. The van der Waals surface area contributed by atoms with Gasteiger partial charge in [-0.2, -0.15) is 0 Å². The van der Waals surface area contributed by atoms with Crippen molar-refractivity contribution >= 4 is 11.9 Å². The molecule has 0 aromatic heterocycles. The summed E-state index contributed by atoms with van der Waals surface area (Å²) in [4.78, 5) is 23.5. The van der Waals surface area contributed by atoms with Crippen molar-refractivity contribution in [3.8, 4) is 5.75 Å². The maximum absolute atomic E-state index is 13.3. The number of hydrogen-bond acceptors (Lipinski definition) is 4. The molecule has 1 rings (SSSR count). The molecule has 1 N–H and O–H groups in total. The van der Waals surface area contributed by atoms with Crippen molar-refractivity contribution in [1.82, 2.24) is 4.90 Å². The first-order valence-corrected chi connectivity index (χ1v) is 6.00. The summed E-state index contributed by atoms with van der Waals surface area (Å²) < 4.78 is 35.7. The van der Waals surface area contributed by atoms with Crippen LogP contribution in [0.25, 0.3) is 0 Å². The number of methoxy groups -OCH3 is 1. The topological polar surface area (TPSA) is 76.1 Å². The fourth-order valence-electron chi connectivity index (χ4n) is 1.48. The van der Waals surface area contributed by atoms with Gasteiger partial charge in [0.1, 0.15) is 12.4 Å². The number of benzene rings is 1. The van der Waals surface area contributed by atoms with E-state index in [1.54, 1.807) is 0 Å². The molecule has 1 aromatic rings. The smallest absolute Gasteiger partial charge is 0.323 e. The Balaban J connectivity index is 2.61. The van der Waals surface area contributed by atoms with Gasteiger partial charge < -0.3 is 19.5 Å². The summed E-state index contributed by atoms with van der Waals surface area (Å²) in [7, 11) is 1.41. The number of amides is 1. The number of carboxylic acid groups (broad SMARTS) is 1. The highest BCUT2D eigenvalue weighted by atomic mass is 19.1. The van der Waals surface area contributed by atoms with Crippen molar-refractivity contribution in [2.45, 2.75) is 0 Å². The van der Waals surface area contributed by atoms with Gasteiger partial charge in [-0.15, -0.1) is 0 Å². The average molecular weight is 303 g/mol. The first-order valence-electron chi connectivity index (χ1n) is 6.00. The largest absolute Gasteiger partial charge is 0.481 e. The van der Waals surface area contributed by atoms with Crippen molar-refractivity contribution < 1.29 is 33.0 Å². The Hall–Kier alpha value is -2.22. The Morgan fingerprint density at radius 2 is 2.05 bits per heavy atom. The first kappa shape index (κ1) is 16.8. The highest BCUT2D eigenvalue weighted by molar-refractivity contribution is 5.82. The van der Waals surface area contributed by atoms with Crippen LogP contribution in [0.2, 0.25) is 0 Å². The number of carboxylic acids is 1. The minimum absolute atomic E-state index is 0.0664. The molecule has 1 aromatic carbocycles. The number of aliphatic carboxylic acids is 1. The Labute approximate surface area is 119 Å². The van der Waals surface area contributed by atoms with Crippen molar-refractivity contribution in [2.75, 3.05) is 33.4 Å². The Bertz CT molecular complexity index is 509. The molecular formula is C13H15F2NO5. The summed E-state index contributed by atoms with van der Waals surface area (Å²) in [5.74, 6) is -3.82. The molecule has 0 saturated heterocycles. The lowest BCUT2D eigenvalue weighted by Gasteiger charge is -2.20. The number of carbonyl (C=O) groups is 2. The highest BCUT2D eigenvalue weighted by Crippen LogP contribution is 2.17. The second kappa shape index (κ2) is 8.15. The van der Waals surface area contributed by atoms with E-state index in [-0.39, 0.29) is 18.9 Å². The number of nitrogens with zero attached hydrogens (tertiary/aromatic N) is 1. The molecule has 0 fully saturated rings. The number of rotatable bonds is 8. The van der Waals surface area contributed by atoms with Gasteiger partial charge in [0, 0.05) is 19.7 Å². The monoisotopic (exact) mass is 303 g/mol. The predicted molar refractivity (Wildman–Crippen MR) is 67.9 cm³/mol. The van der Waals surface area contributed by atoms with Crippen LogP contribution >= 0.6 is 0 Å². The summed E-state index contributed by atoms with van der Waals surface area (Å²) in [6.45, 7) is -0.849. The van der Waals surface area contributed by atoms with Crippen molar-refractivity contribution in [1.29, 1.82) is 0 Å². The zero-order valence-electron chi connectivity index (χ0n) is 11.3.